The molecular weight excluding hydrogens is 242 g/mol. The van der Waals surface area contributed by atoms with Gasteiger partial charge in [-0.05, 0) is 13.8 Å². The number of amides is 1. The second-order valence-electron chi connectivity index (χ2n) is 4.49. The van der Waals surface area contributed by atoms with E-state index in [0.29, 0.717) is 13.0 Å². The van der Waals surface area contributed by atoms with E-state index in [-0.39, 0.29) is 16.3 Å². The van der Waals surface area contributed by atoms with Crippen LogP contribution in [-0.4, -0.2) is 46.3 Å². The van der Waals surface area contributed by atoms with E-state index in [1.807, 2.05) is 0 Å². The first-order valence-corrected chi connectivity index (χ1v) is 6.23. The van der Waals surface area contributed by atoms with Crippen LogP contribution in [0.3, 0.4) is 0 Å². The number of thioether (sulfide) groups is 1. The highest BCUT2D eigenvalue weighted by Gasteiger charge is 2.44. The van der Waals surface area contributed by atoms with Gasteiger partial charge in [-0.25, -0.2) is 4.79 Å². The molecule has 1 atom stereocenters. The van der Waals surface area contributed by atoms with Gasteiger partial charge in [-0.15, -0.1) is 0 Å². The molecule has 1 saturated heterocycles. The van der Waals surface area contributed by atoms with Crippen LogP contribution in [0.2, 0.25) is 0 Å². The molecule has 0 aliphatic carbocycles. The number of ether oxygens (including phenoxy) is 1. The first-order valence-electron chi connectivity index (χ1n) is 5.35. The van der Waals surface area contributed by atoms with Gasteiger partial charge in [0, 0.05) is 25.1 Å². The molecule has 0 radical (unpaired) electrons. The molecule has 1 heterocycles. The predicted molar refractivity (Wildman–Crippen MR) is 64.5 cm³/mol. The maximum Gasteiger partial charge on any atom is 0.331 e. The molecule has 1 aliphatic rings. The van der Waals surface area contributed by atoms with Crippen molar-refractivity contribution in [2.75, 3.05) is 13.7 Å². The van der Waals surface area contributed by atoms with Gasteiger partial charge in [0.25, 0.3) is 0 Å². The lowest BCUT2D eigenvalue weighted by Crippen LogP contribution is -2.51. The summed E-state index contributed by atoms with van der Waals surface area (Å²) in [5.74, 6) is -0.557. The lowest BCUT2D eigenvalue weighted by atomic mass is 10.0. The Labute approximate surface area is 105 Å². The fourth-order valence-corrected chi connectivity index (χ4v) is 2.81. The zero-order valence-corrected chi connectivity index (χ0v) is 11.3. The highest BCUT2D eigenvalue weighted by molar-refractivity contribution is 8.14. The second kappa shape index (κ2) is 5.08. The van der Waals surface area contributed by atoms with Crippen molar-refractivity contribution in [1.29, 1.82) is 0 Å². The maximum absolute atomic E-state index is 11.8. The Morgan fingerprint density at radius 3 is 2.53 bits per heavy atom. The van der Waals surface area contributed by atoms with Crippen LogP contribution in [0.25, 0.3) is 0 Å². The summed E-state index contributed by atoms with van der Waals surface area (Å²) in [6, 6.07) is 0. The Kier molecular flexibility index (Phi) is 4.19. The van der Waals surface area contributed by atoms with E-state index in [0.717, 1.165) is 11.8 Å². The predicted octanol–water partition coefficient (Wildman–Crippen LogP) is 0.819. The van der Waals surface area contributed by atoms with Crippen LogP contribution < -0.4 is 0 Å². The van der Waals surface area contributed by atoms with Crippen molar-refractivity contribution in [3.8, 4) is 0 Å². The molecule has 1 fully saturated rings. The largest absolute Gasteiger partial charge is 0.467 e. The van der Waals surface area contributed by atoms with Crippen molar-refractivity contribution in [3.05, 3.63) is 0 Å². The maximum atomic E-state index is 11.8. The Morgan fingerprint density at radius 1 is 1.47 bits per heavy atom. The molecule has 96 valence electrons. The zero-order chi connectivity index (χ0) is 13.2. The first kappa shape index (κ1) is 14.0. The Hall–Kier alpha value is -1.04. The third-order valence-corrected chi connectivity index (χ3v) is 3.76. The van der Waals surface area contributed by atoms with Crippen LogP contribution in [-0.2, 0) is 19.1 Å². The van der Waals surface area contributed by atoms with E-state index >= 15 is 0 Å². The highest BCUT2D eigenvalue weighted by atomic mass is 32.2. The van der Waals surface area contributed by atoms with Crippen molar-refractivity contribution in [3.63, 3.8) is 0 Å². The minimum Gasteiger partial charge on any atom is -0.467 e. The Morgan fingerprint density at radius 2 is 2.06 bits per heavy atom. The molecule has 1 amide bonds. The Bertz CT molecular complexity index is 353. The van der Waals surface area contributed by atoms with E-state index in [4.69, 9.17) is 0 Å². The van der Waals surface area contributed by atoms with E-state index in [2.05, 4.69) is 4.74 Å². The molecule has 0 aromatic carbocycles. The van der Waals surface area contributed by atoms with Gasteiger partial charge in [0.1, 0.15) is 5.54 Å². The summed E-state index contributed by atoms with van der Waals surface area (Å²) < 4.78 is 4.69. The number of carbonyl (C=O) groups is 3. The second-order valence-corrected chi connectivity index (χ2v) is 5.97. The minimum absolute atomic E-state index is 0.0134. The van der Waals surface area contributed by atoms with Gasteiger partial charge in [-0.2, -0.15) is 0 Å². The number of methoxy groups -OCH3 is 1. The molecule has 0 aromatic rings. The molecule has 0 N–H and O–H groups in total. The molecule has 0 spiro atoms. The van der Waals surface area contributed by atoms with E-state index in [9.17, 15) is 14.4 Å². The standard InChI is InChI=1S/C11H17NO4S/c1-7(13)17-8-5-9(14)12(6-8)11(2,3)10(15)16-4/h8H,5-6H2,1-4H3. The van der Waals surface area contributed by atoms with Crippen LogP contribution in [0.1, 0.15) is 27.2 Å². The lowest BCUT2D eigenvalue weighted by Gasteiger charge is -2.32. The monoisotopic (exact) mass is 259 g/mol. The molecule has 6 heteroatoms. The summed E-state index contributed by atoms with van der Waals surface area (Å²) in [7, 11) is 1.30. The number of hydrogen-bond acceptors (Lipinski definition) is 5. The van der Waals surface area contributed by atoms with Gasteiger partial charge in [0.2, 0.25) is 5.91 Å². The van der Waals surface area contributed by atoms with Gasteiger partial charge in [0.05, 0.1) is 7.11 Å². The Balaban J connectivity index is 2.77. The molecule has 0 bridgehead atoms. The number of carbonyl (C=O) groups excluding carboxylic acids is 3. The lowest BCUT2D eigenvalue weighted by molar-refractivity contribution is -0.157. The van der Waals surface area contributed by atoms with Gasteiger partial charge >= 0.3 is 5.97 Å². The number of rotatable bonds is 3. The number of likely N-dealkylation sites (tertiary alicyclic amines) is 1. The summed E-state index contributed by atoms with van der Waals surface area (Å²) in [6.45, 7) is 5.18. The van der Waals surface area contributed by atoms with E-state index in [1.54, 1.807) is 13.8 Å². The number of hydrogen-bond donors (Lipinski definition) is 0. The summed E-state index contributed by atoms with van der Waals surface area (Å²) in [6.07, 6.45) is 0.296. The fourth-order valence-electron chi connectivity index (χ4n) is 1.89. The van der Waals surface area contributed by atoms with E-state index in [1.165, 1.54) is 18.9 Å². The topological polar surface area (TPSA) is 63.7 Å². The fraction of sp³-hybridized carbons (Fsp3) is 0.727. The molecule has 1 unspecified atom stereocenters. The number of nitrogens with zero attached hydrogens (tertiary/aromatic N) is 1. The smallest absolute Gasteiger partial charge is 0.331 e. The average Bonchev–Trinajstić information content (AvgIpc) is 2.57. The molecule has 0 saturated carbocycles. The molecule has 17 heavy (non-hydrogen) atoms. The average molecular weight is 259 g/mol. The summed E-state index contributed by atoms with van der Waals surface area (Å²) in [5, 5.41) is -0.0792. The molecule has 1 rings (SSSR count). The molecule has 5 nitrogen and oxygen atoms in total. The minimum atomic E-state index is -0.974. The van der Waals surface area contributed by atoms with Crippen LogP contribution in [0.4, 0.5) is 0 Å². The third-order valence-electron chi connectivity index (χ3n) is 2.78. The van der Waals surface area contributed by atoms with Crippen molar-refractivity contribution >= 4 is 28.8 Å². The zero-order valence-electron chi connectivity index (χ0n) is 10.5. The van der Waals surface area contributed by atoms with Crippen molar-refractivity contribution in [1.82, 2.24) is 4.90 Å². The summed E-state index contributed by atoms with van der Waals surface area (Å²) >= 11 is 1.15. The number of esters is 1. The molecular formula is C11H17NO4S. The van der Waals surface area contributed by atoms with Crippen LogP contribution in [0.15, 0.2) is 0 Å². The quantitative estimate of drug-likeness (QED) is 0.702. The van der Waals surface area contributed by atoms with Gasteiger partial charge in [-0.1, -0.05) is 11.8 Å². The van der Waals surface area contributed by atoms with Crippen LogP contribution in [0, 0.1) is 0 Å². The normalized spacial score (nSPS) is 20.6. The first-order chi connectivity index (χ1) is 7.78. The highest BCUT2D eigenvalue weighted by Crippen LogP contribution is 2.30. The summed E-state index contributed by atoms with van der Waals surface area (Å²) in [4.78, 5) is 35.9. The van der Waals surface area contributed by atoms with Crippen LogP contribution >= 0.6 is 11.8 Å². The van der Waals surface area contributed by atoms with Crippen molar-refractivity contribution < 1.29 is 19.1 Å². The molecule has 1 aliphatic heterocycles. The van der Waals surface area contributed by atoms with Gasteiger partial charge in [-0.3, -0.25) is 9.59 Å². The summed E-state index contributed by atoms with van der Waals surface area (Å²) in [5.41, 5.74) is -0.974. The van der Waals surface area contributed by atoms with Crippen molar-refractivity contribution in [2.45, 2.75) is 38.0 Å². The van der Waals surface area contributed by atoms with Crippen molar-refractivity contribution in [2.24, 2.45) is 0 Å². The molecule has 0 aromatic heterocycles. The SMILES string of the molecule is COC(=O)C(C)(C)N1CC(SC(C)=O)CC1=O. The van der Waals surface area contributed by atoms with Crippen LogP contribution in [0.5, 0.6) is 0 Å². The van der Waals surface area contributed by atoms with Gasteiger partial charge in [0.15, 0.2) is 5.12 Å². The van der Waals surface area contributed by atoms with Gasteiger partial charge < -0.3 is 9.64 Å². The third kappa shape index (κ3) is 3.00. The van der Waals surface area contributed by atoms with E-state index < -0.39 is 11.5 Å².